The van der Waals surface area contributed by atoms with Crippen molar-refractivity contribution in [1.82, 2.24) is 9.21 Å². The second kappa shape index (κ2) is 10.8. The Morgan fingerprint density at radius 2 is 1.88 bits per heavy atom. The third-order valence-corrected chi connectivity index (χ3v) is 7.06. The predicted octanol–water partition coefficient (Wildman–Crippen LogP) is 2.21. The lowest BCUT2D eigenvalue weighted by atomic mass is 10.3. The van der Waals surface area contributed by atoms with Crippen molar-refractivity contribution in [1.29, 1.82) is 0 Å². The van der Waals surface area contributed by atoms with Gasteiger partial charge in [-0.1, -0.05) is 29.8 Å². The van der Waals surface area contributed by atoms with Crippen LogP contribution in [0.5, 0.6) is 0 Å². The number of amides is 1. The van der Waals surface area contributed by atoms with Crippen LogP contribution < -0.4 is 5.32 Å². The van der Waals surface area contributed by atoms with Crippen LogP contribution in [-0.4, -0.2) is 74.4 Å². The van der Waals surface area contributed by atoms with Crippen LogP contribution in [0.1, 0.15) is 0 Å². The fourth-order valence-corrected chi connectivity index (χ4v) is 4.78. The van der Waals surface area contributed by atoms with Crippen LogP contribution >= 0.6 is 11.6 Å². The molecule has 0 saturated carbocycles. The van der Waals surface area contributed by atoms with E-state index in [1.807, 2.05) is 4.90 Å². The van der Waals surface area contributed by atoms with E-state index in [0.29, 0.717) is 38.5 Å². The second-order valence-electron chi connectivity index (χ2n) is 7.08. The summed E-state index contributed by atoms with van der Waals surface area (Å²) < 4.78 is 33.0. The molecule has 1 saturated heterocycles. The van der Waals surface area contributed by atoms with Gasteiger partial charge in [0.25, 0.3) is 5.69 Å². The minimum atomic E-state index is -4.21. The third kappa shape index (κ3) is 6.24. The van der Waals surface area contributed by atoms with E-state index in [-0.39, 0.29) is 16.5 Å². The van der Waals surface area contributed by atoms with Gasteiger partial charge in [0.05, 0.1) is 29.6 Å². The van der Waals surface area contributed by atoms with Crippen LogP contribution in [-0.2, 0) is 19.6 Å². The number of ether oxygens (including phenoxy) is 1. The van der Waals surface area contributed by atoms with Crippen molar-refractivity contribution in [3.05, 3.63) is 63.7 Å². The normalized spacial score (nSPS) is 14.9. The molecule has 2 aromatic rings. The standard InChI is InChI=1S/C20H23ClN4O6S/c21-18-7-6-17(14-19(18)25(27)28)32(29,30)24(9-8-23-10-12-31-13-11-23)15-20(26)22-16-4-2-1-3-5-16/h1-7,14H,8-13,15H2,(H,22,26). The summed E-state index contributed by atoms with van der Waals surface area (Å²) in [6.45, 7) is 2.36. The number of carbonyl (C=O) groups excluding carboxylic acids is 1. The number of benzene rings is 2. The quantitative estimate of drug-likeness (QED) is 0.429. The number of hydrogen-bond acceptors (Lipinski definition) is 7. The van der Waals surface area contributed by atoms with Gasteiger partial charge in [-0.15, -0.1) is 0 Å². The molecule has 0 unspecified atom stereocenters. The van der Waals surface area contributed by atoms with E-state index in [0.717, 1.165) is 16.4 Å². The van der Waals surface area contributed by atoms with Gasteiger partial charge in [0.2, 0.25) is 15.9 Å². The number of nitro groups is 1. The van der Waals surface area contributed by atoms with Gasteiger partial charge >= 0.3 is 0 Å². The summed E-state index contributed by atoms with van der Waals surface area (Å²) in [7, 11) is -4.21. The molecule has 172 valence electrons. The Bertz CT molecular complexity index is 1060. The predicted molar refractivity (Wildman–Crippen MR) is 119 cm³/mol. The molecule has 3 rings (SSSR count). The first-order valence-corrected chi connectivity index (χ1v) is 11.7. The van der Waals surface area contributed by atoms with Crippen molar-refractivity contribution in [2.24, 2.45) is 0 Å². The first-order chi connectivity index (χ1) is 15.3. The Balaban J connectivity index is 1.83. The van der Waals surface area contributed by atoms with Gasteiger partial charge in [-0.05, 0) is 24.3 Å². The van der Waals surface area contributed by atoms with Crippen molar-refractivity contribution < 1.29 is 22.9 Å². The van der Waals surface area contributed by atoms with E-state index < -0.39 is 33.1 Å². The molecule has 12 heteroatoms. The van der Waals surface area contributed by atoms with Gasteiger partial charge in [-0.25, -0.2) is 8.42 Å². The molecular formula is C20H23ClN4O6S. The zero-order valence-electron chi connectivity index (χ0n) is 17.1. The SMILES string of the molecule is O=C(CN(CCN1CCOCC1)S(=O)(=O)c1ccc(Cl)c([N+](=O)[O-])c1)Nc1ccccc1. The number of halogens is 1. The maximum atomic E-state index is 13.3. The first kappa shape index (κ1) is 24.1. The van der Waals surface area contributed by atoms with Crippen LogP contribution in [0, 0.1) is 10.1 Å². The summed E-state index contributed by atoms with van der Waals surface area (Å²) in [5, 5.41) is 13.7. The van der Waals surface area contributed by atoms with Crippen molar-refractivity contribution in [3.63, 3.8) is 0 Å². The van der Waals surface area contributed by atoms with Gasteiger partial charge < -0.3 is 10.1 Å². The Hall–Kier alpha value is -2.57. The minimum absolute atomic E-state index is 0.0287. The summed E-state index contributed by atoms with van der Waals surface area (Å²) in [5.41, 5.74) is 0.0137. The maximum Gasteiger partial charge on any atom is 0.289 e. The molecule has 2 aromatic carbocycles. The Kier molecular flexibility index (Phi) is 8.15. The molecule has 1 fully saturated rings. The number of morpholine rings is 1. The Morgan fingerprint density at radius 1 is 1.19 bits per heavy atom. The van der Waals surface area contributed by atoms with Crippen molar-refractivity contribution >= 4 is 38.9 Å². The molecule has 0 atom stereocenters. The average molecular weight is 483 g/mol. The molecule has 0 spiro atoms. The highest BCUT2D eigenvalue weighted by Gasteiger charge is 2.29. The lowest BCUT2D eigenvalue weighted by Gasteiger charge is -2.29. The van der Waals surface area contributed by atoms with E-state index in [4.69, 9.17) is 16.3 Å². The highest BCUT2D eigenvalue weighted by atomic mass is 35.5. The maximum absolute atomic E-state index is 13.3. The molecule has 0 radical (unpaired) electrons. The highest BCUT2D eigenvalue weighted by Crippen LogP contribution is 2.28. The first-order valence-electron chi connectivity index (χ1n) is 9.86. The molecule has 1 aliphatic heterocycles. The van der Waals surface area contributed by atoms with Gasteiger partial charge in [0.1, 0.15) is 5.02 Å². The molecule has 0 bridgehead atoms. The smallest absolute Gasteiger partial charge is 0.289 e. The fourth-order valence-electron chi connectivity index (χ4n) is 3.19. The Labute approximate surface area is 190 Å². The minimum Gasteiger partial charge on any atom is -0.379 e. The van der Waals surface area contributed by atoms with Crippen LogP contribution in [0.3, 0.4) is 0 Å². The highest BCUT2D eigenvalue weighted by molar-refractivity contribution is 7.89. The zero-order valence-corrected chi connectivity index (χ0v) is 18.7. The van der Waals surface area contributed by atoms with Gasteiger partial charge in [0.15, 0.2) is 0 Å². The number of anilines is 1. The Morgan fingerprint density at radius 3 is 2.53 bits per heavy atom. The lowest BCUT2D eigenvalue weighted by molar-refractivity contribution is -0.384. The number of nitrogens with zero attached hydrogens (tertiary/aromatic N) is 3. The zero-order chi connectivity index (χ0) is 23.1. The molecule has 1 heterocycles. The van der Waals surface area contributed by atoms with Crippen LogP contribution in [0.2, 0.25) is 5.02 Å². The molecule has 1 aliphatic rings. The topological polar surface area (TPSA) is 122 Å². The summed E-state index contributed by atoms with van der Waals surface area (Å²) in [4.78, 5) is 24.8. The molecule has 0 aromatic heterocycles. The largest absolute Gasteiger partial charge is 0.379 e. The van der Waals surface area contributed by atoms with E-state index in [1.165, 1.54) is 6.07 Å². The van der Waals surface area contributed by atoms with E-state index in [9.17, 15) is 23.3 Å². The van der Waals surface area contributed by atoms with Gasteiger partial charge in [-0.2, -0.15) is 4.31 Å². The van der Waals surface area contributed by atoms with E-state index in [1.54, 1.807) is 30.3 Å². The van der Waals surface area contributed by atoms with Gasteiger partial charge in [-0.3, -0.25) is 19.8 Å². The molecular weight excluding hydrogens is 460 g/mol. The van der Waals surface area contributed by atoms with Crippen molar-refractivity contribution in [2.75, 3.05) is 51.3 Å². The molecule has 10 nitrogen and oxygen atoms in total. The summed E-state index contributed by atoms with van der Waals surface area (Å²) >= 11 is 5.83. The number of nitro benzene ring substituents is 1. The van der Waals surface area contributed by atoms with Gasteiger partial charge in [0, 0.05) is 37.9 Å². The second-order valence-corrected chi connectivity index (χ2v) is 9.42. The van der Waals surface area contributed by atoms with Crippen LogP contribution in [0.4, 0.5) is 11.4 Å². The number of sulfonamides is 1. The molecule has 32 heavy (non-hydrogen) atoms. The van der Waals surface area contributed by atoms with Crippen molar-refractivity contribution in [2.45, 2.75) is 4.90 Å². The summed E-state index contributed by atoms with van der Waals surface area (Å²) in [6, 6.07) is 11.9. The number of hydrogen-bond donors (Lipinski definition) is 1. The number of nitrogens with one attached hydrogen (secondary N) is 1. The molecule has 1 N–H and O–H groups in total. The van der Waals surface area contributed by atoms with E-state index in [2.05, 4.69) is 5.32 Å². The number of carbonyl (C=O) groups is 1. The lowest BCUT2D eigenvalue weighted by Crippen LogP contribution is -2.45. The number of para-hydroxylation sites is 1. The molecule has 0 aliphatic carbocycles. The monoisotopic (exact) mass is 482 g/mol. The fraction of sp³-hybridized carbons (Fsp3) is 0.350. The third-order valence-electron chi connectivity index (χ3n) is 4.90. The van der Waals surface area contributed by atoms with E-state index >= 15 is 0 Å². The summed E-state index contributed by atoms with van der Waals surface area (Å²) in [6.07, 6.45) is 0. The van der Waals surface area contributed by atoms with Crippen LogP contribution in [0.25, 0.3) is 0 Å². The van der Waals surface area contributed by atoms with Crippen molar-refractivity contribution in [3.8, 4) is 0 Å². The average Bonchev–Trinajstić information content (AvgIpc) is 2.77. The van der Waals surface area contributed by atoms with Crippen LogP contribution in [0.15, 0.2) is 53.4 Å². The number of rotatable bonds is 9. The summed E-state index contributed by atoms with van der Waals surface area (Å²) in [5.74, 6) is -0.523. The molecule has 1 amide bonds.